The smallest absolute Gasteiger partial charge is 0.337 e. The van der Waals surface area contributed by atoms with Crippen LogP contribution in [-0.2, 0) is 9.53 Å². The van der Waals surface area contributed by atoms with Crippen molar-refractivity contribution in [2.24, 2.45) is 4.99 Å². The maximum absolute atomic E-state index is 12.7. The number of carbonyl (C=O) groups is 2. The molecule has 0 N–H and O–H groups in total. The van der Waals surface area contributed by atoms with Crippen molar-refractivity contribution in [3.05, 3.63) is 58.0 Å². The van der Waals surface area contributed by atoms with Gasteiger partial charge in [0.15, 0.2) is 5.17 Å². The first kappa shape index (κ1) is 19.0. The second kappa shape index (κ2) is 8.28. The van der Waals surface area contributed by atoms with Gasteiger partial charge in [0.25, 0.3) is 5.91 Å². The van der Waals surface area contributed by atoms with Crippen molar-refractivity contribution >= 4 is 51.4 Å². The molecule has 2 aromatic rings. The van der Waals surface area contributed by atoms with E-state index in [9.17, 15) is 9.59 Å². The first-order chi connectivity index (χ1) is 13.0. The van der Waals surface area contributed by atoms with Crippen LogP contribution in [0.2, 0.25) is 0 Å². The Morgan fingerprint density at radius 1 is 1.33 bits per heavy atom. The topological polar surface area (TPSA) is 84.8 Å². The monoisotopic (exact) mass is 400 g/mol. The zero-order valence-electron chi connectivity index (χ0n) is 14.7. The number of amidine groups is 1. The molecule has 3 rings (SSSR count). The number of ether oxygens (including phenoxy) is 1. The van der Waals surface area contributed by atoms with Gasteiger partial charge in [0.2, 0.25) is 5.13 Å². The number of thioether (sulfide) groups is 1. The number of hydrogen-bond donors (Lipinski definition) is 0. The summed E-state index contributed by atoms with van der Waals surface area (Å²) >= 11 is 2.63. The number of nitrogens with zero attached hydrogens (tertiary/aromatic N) is 4. The van der Waals surface area contributed by atoms with Crippen molar-refractivity contribution < 1.29 is 14.3 Å². The second-order valence-electron chi connectivity index (χ2n) is 5.43. The van der Waals surface area contributed by atoms with E-state index in [2.05, 4.69) is 26.5 Å². The van der Waals surface area contributed by atoms with Gasteiger partial charge in [-0.05, 0) is 42.5 Å². The molecule has 1 aliphatic heterocycles. The summed E-state index contributed by atoms with van der Waals surface area (Å²) in [7, 11) is 1.33. The number of methoxy groups -OCH3 is 1. The van der Waals surface area contributed by atoms with Crippen LogP contribution in [0.15, 0.2) is 46.8 Å². The normalized spacial score (nSPS) is 17.0. The largest absolute Gasteiger partial charge is 0.465 e. The number of esters is 1. The van der Waals surface area contributed by atoms with Gasteiger partial charge in [-0.25, -0.2) is 4.79 Å². The zero-order valence-corrected chi connectivity index (χ0v) is 16.3. The minimum absolute atomic E-state index is 0.156. The van der Waals surface area contributed by atoms with Gasteiger partial charge < -0.3 is 4.74 Å². The standard InChI is InChI=1S/C18H16N4O3S2/c1-4-9-22-15(23)14(27-18(22)19-17-21-20-11(2)26-17)10-12-5-7-13(8-6-12)16(24)25-3/h4-8,10H,1,9H2,2-3H3/b14-10-,19-18+. The Kier molecular flexibility index (Phi) is 5.82. The molecule has 0 saturated carbocycles. The molecular weight excluding hydrogens is 384 g/mol. The number of aryl methyl sites for hydroxylation is 1. The molecule has 1 aromatic carbocycles. The third-order valence-electron chi connectivity index (χ3n) is 3.54. The fraction of sp³-hybridized carbons (Fsp3) is 0.167. The predicted octanol–water partition coefficient (Wildman–Crippen LogP) is 3.42. The summed E-state index contributed by atoms with van der Waals surface area (Å²) in [5, 5.41) is 9.77. The first-order valence-corrected chi connectivity index (χ1v) is 9.54. The van der Waals surface area contributed by atoms with Crippen LogP contribution in [0.3, 0.4) is 0 Å². The molecule has 27 heavy (non-hydrogen) atoms. The van der Waals surface area contributed by atoms with Gasteiger partial charge in [-0.1, -0.05) is 29.5 Å². The predicted molar refractivity (Wildman–Crippen MR) is 107 cm³/mol. The highest BCUT2D eigenvalue weighted by atomic mass is 32.2. The summed E-state index contributed by atoms with van der Waals surface area (Å²) in [5.74, 6) is -0.559. The van der Waals surface area contributed by atoms with E-state index in [1.807, 2.05) is 6.92 Å². The quantitative estimate of drug-likeness (QED) is 0.434. The Labute approximate surface area is 164 Å². The molecule has 0 radical (unpaired) electrons. The number of benzene rings is 1. The Balaban J connectivity index is 1.88. The fourth-order valence-electron chi connectivity index (χ4n) is 2.28. The summed E-state index contributed by atoms with van der Waals surface area (Å²) < 4.78 is 4.69. The lowest BCUT2D eigenvalue weighted by molar-refractivity contribution is -0.121. The van der Waals surface area contributed by atoms with Crippen LogP contribution < -0.4 is 0 Å². The van der Waals surface area contributed by atoms with Gasteiger partial charge in [-0.15, -0.1) is 16.8 Å². The third kappa shape index (κ3) is 4.32. The highest BCUT2D eigenvalue weighted by Gasteiger charge is 2.32. The third-order valence-corrected chi connectivity index (χ3v) is 5.28. The van der Waals surface area contributed by atoms with Crippen molar-refractivity contribution in [2.75, 3.05) is 13.7 Å². The van der Waals surface area contributed by atoms with Crippen molar-refractivity contribution in [2.45, 2.75) is 6.92 Å². The molecule has 0 unspecified atom stereocenters. The molecule has 7 nitrogen and oxygen atoms in total. The van der Waals surface area contributed by atoms with Crippen LogP contribution in [0.4, 0.5) is 5.13 Å². The number of carbonyl (C=O) groups excluding carboxylic acids is 2. The minimum Gasteiger partial charge on any atom is -0.465 e. The molecular formula is C18H16N4O3S2. The maximum atomic E-state index is 12.7. The fourth-order valence-corrected chi connectivity index (χ4v) is 3.89. The molecule has 1 fully saturated rings. The molecule has 0 atom stereocenters. The average molecular weight is 400 g/mol. The minimum atomic E-state index is -0.403. The Bertz CT molecular complexity index is 948. The number of hydrogen-bond acceptors (Lipinski definition) is 8. The number of rotatable bonds is 5. The Hall–Kier alpha value is -2.78. The van der Waals surface area contributed by atoms with Crippen molar-refractivity contribution in [3.63, 3.8) is 0 Å². The van der Waals surface area contributed by atoms with E-state index in [1.54, 1.807) is 41.3 Å². The lowest BCUT2D eigenvalue weighted by Gasteiger charge is -2.11. The van der Waals surface area contributed by atoms with Gasteiger partial charge in [0, 0.05) is 6.54 Å². The average Bonchev–Trinajstić information content (AvgIpc) is 3.20. The van der Waals surface area contributed by atoms with Gasteiger partial charge in [-0.2, -0.15) is 4.99 Å². The van der Waals surface area contributed by atoms with E-state index in [0.29, 0.717) is 27.3 Å². The Morgan fingerprint density at radius 2 is 2.07 bits per heavy atom. The molecule has 0 spiro atoms. The Morgan fingerprint density at radius 3 is 2.67 bits per heavy atom. The van der Waals surface area contributed by atoms with Crippen LogP contribution in [0.1, 0.15) is 20.9 Å². The SMILES string of the molecule is C=CCN1C(=O)/C(=C/c2ccc(C(=O)OC)cc2)S/C1=N/c1nnc(C)s1. The molecule has 1 saturated heterocycles. The van der Waals surface area contributed by atoms with Crippen molar-refractivity contribution in [3.8, 4) is 0 Å². The molecule has 2 heterocycles. The van der Waals surface area contributed by atoms with Crippen LogP contribution in [0.25, 0.3) is 6.08 Å². The summed E-state index contributed by atoms with van der Waals surface area (Å²) in [4.78, 5) is 30.8. The molecule has 1 aliphatic rings. The van der Waals surface area contributed by atoms with Crippen LogP contribution in [0.5, 0.6) is 0 Å². The van der Waals surface area contributed by atoms with E-state index in [0.717, 1.165) is 10.6 Å². The number of aromatic nitrogens is 2. The van der Waals surface area contributed by atoms with Gasteiger partial charge in [0.1, 0.15) is 5.01 Å². The molecule has 1 amide bonds. The highest BCUT2D eigenvalue weighted by molar-refractivity contribution is 8.18. The lowest BCUT2D eigenvalue weighted by Crippen LogP contribution is -2.29. The van der Waals surface area contributed by atoms with Crippen LogP contribution in [-0.4, -0.2) is 45.8 Å². The molecule has 0 aliphatic carbocycles. The van der Waals surface area contributed by atoms with E-state index < -0.39 is 5.97 Å². The number of aliphatic imine (C=N–C) groups is 1. The summed E-state index contributed by atoms with van der Waals surface area (Å²) in [6.07, 6.45) is 3.41. The maximum Gasteiger partial charge on any atom is 0.337 e. The highest BCUT2D eigenvalue weighted by Crippen LogP contribution is 2.34. The van der Waals surface area contributed by atoms with E-state index in [4.69, 9.17) is 0 Å². The molecule has 0 bridgehead atoms. The molecule has 1 aromatic heterocycles. The zero-order chi connectivity index (χ0) is 19.4. The van der Waals surface area contributed by atoms with E-state index >= 15 is 0 Å². The van der Waals surface area contributed by atoms with Gasteiger partial charge >= 0.3 is 5.97 Å². The van der Waals surface area contributed by atoms with Crippen molar-refractivity contribution in [1.29, 1.82) is 0 Å². The molecule has 9 heteroatoms. The van der Waals surface area contributed by atoms with E-state index in [1.165, 1.54) is 30.2 Å². The van der Waals surface area contributed by atoms with E-state index in [-0.39, 0.29) is 5.91 Å². The second-order valence-corrected chi connectivity index (χ2v) is 7.60. The van der Waals surface area contributed by atoms with Crippen LogP contribution in [0, 0.1) is 6.92 Å². The first-order valence-electron chi connectivity index (χ1n) is 7.91. The van der Waals surface area contributed by atoms with Gasteiger partial charge in [-0.3, -0.25) is 9.69 Å². The number of amides is 1. The summed E-state index contributed by atoms with van der Waals surface area (Å²) in [5.41, 5.74) is 1.25. The van der Waals surface area contributed by atoms with Crippen molar-refractivity contribution in [1.82, 2.24) is 15.1 Å². The lowest BCUT2D eigenvalue weighted by atomic mass is 10.1. The van der Waals surface area contributed by atoms with Crippen LogP contribution >= 0.6 is 23.1 Å². The van der Waals surface area contributed by atoms with Gasteiger partial charge in [0.05, 0.1) is 17.6 Å². The molecule has 138 valence electrons. The summed E-state index contributed by atoms with van der Waals surface area (Å²) in [6.45, 7) is 5.90. The summed E-state index contributed by atoms with van der Waals surface area (Å²) in [6, 6.07) is 6.83.